The summed E-state index contributed by atoms with van der Waals surface area (Å²) >= 11 is 5.90. The number of carbonyl (C=O) groups is 1. The van der Waals surface area contributed by atoms with Crippen LogP contribution in [0.15, 0.2) is 18.2 Å². The van der Waals surface area contributed by atoms with E-state index in [0.29, 0.717) is 17.8 Å². The van der Waals surface area contributed by atoms with E-state index < -0.39 is 21.5 Å². The summed E-state index contributed by atoms with van der Waals surface area (Å²) in [6.07, 6.45) is 2.35. The molecule has 20 heavy (non-hydrogen) atoms. The van der Waals surface area contributed by atoms with E-state index in [1.807, 2.05) is 6.92 Å². The Labute approximate surface area is 124 Å². The second-order valence-corrected chi connectivity index (χ2v) is 7.18. The van der Waals surface area contributed by atoms with Gasteiger partial charge in [0, 0.05) is 5.69 Å². The molecule has 112 valence electrons. The molecule has 5 nitrogen and oxygen atoms in total. The van der Waals surface area contributed by atoms with E-state index in [1.54, 1.807) is 12.1 Å². The lowest BCUT2D eigenvalue weighted by Gasteiger charge is -2.08. The molecule has 0 atom stereocenters. The molecule has 3 N–H and O–H groups in total. The summed E-state index contributed by atoms with van der Waals surface area (Å²) in [5.74, 6) is -1.09. The molecule has 1 rings (SSSR count). The summed E-state index contributed by atoms with van der Waals surface area (Å²) in [7, 11) is -3.37. The van der Waals surface area contributed by atoms with Crippen LogP contribution in [-0.4, -0.2) is 25.8 Å². The summed E-state index contributed by atoms with van der Waals surface area (Å²) in [5, 5.41) is 2.76. The highest BCUT2D eigenvalue weighted by Gasteiger charge is 2.17. The van der Waals surface area contributed by atoms with Crippen LogP contribution >= 0.6 is 11.6 Å². The van der Waals surface area contributed by atoms with E-state index in [2.05, 4.69) is 5.32 Å². The number of hydrogen-bond donors (Lipinski definition) is 2. The summed E-state index contributed by atoms with van der Waals surface area (Å²) in [6.45, 7) is 1.99. The monoisotopic (exact) mass is 318 g/mol. The minimum Gasteiger partial charge on any atom is -0.399 e. The van der Waals surface area contributed by atoms with E-state index in [4.69, 9.17) is 17.3 Å². The second kappa shape index (κ2) is 7.50. The summed E-state index contributed by atoms with van der Waals surface area (Å²) in [4.78, 5) is 11.7. The normalized spacial score (nSPS) is 11.3. The van der Waals surface area contributed by atoms with Crippen molar-refractivity contribution in [3.63, 3.8) is 0 Å². The Morgan fingerprint density at radius 1 is 1.35 bits per heavy atom. The van der Waals surface area contributed by atoms with Gasteiger partial charge in [0.1, 0.15) is 5.75 Å². The van der Waals surface area contributed by atoms with Crippen molar-refractivity contribution in [2.75, 3.05) is 22.6 Å². The standard InChI is InChI=1S/C13H19ClN2O3S/c1-2-3-4-7-20(18,19)9-13(17)16-12-6-5-10(15)8-11(12)14/h5-6,8H,2-4,7,9,15H2,1H3,(H,16,17). The largest absolute Gasteiger partial charge is 0.399 e. The number of carbonyl (C=O) groups excluding carboxylic acids is 1. The van der Waals surface area contributed by atoms with Gasteiger partial charge < -0.3 is 11.1 Å². The highest BCUT2D eigenvalue weighted by Crippen LogP contribution is 2.23. The Hall–Kier alpha value is -1.27. The van der Waals surface area contributed by atoms with E-state index in [1.165, 1.54) is 6.07 Å². The molecule has 0 aromatic heterocycles. The third kappa shape index (κ3) is 5.79. The fourth-order valence-corrected chi connectivity index (χ4v) is 3.16. The first-order valence-electron chi connectivity index (χ1n) is 6.39. The van der Waals surface area contributed by atoms with Crippen molar-refractivity contribution < 1.29 is 13.2 Å². The number of hydrogen-bond acceptors (Lipinski definition) is 4. The van der Waals surface area contributed by atoms with Crippen molar-refractivity contribution in [2.24, 2.45) is 0 Å². The van der Waals surface area contributed by atoms with Crippen LogP contribution in [0.2, 0.25) is 5.02 Å². The van der Waals surface area contributed by atoms with Gasteiger partial charge in [0.15, 0.2) is 9.84 Å². The van der Waals surface area contributed by atoms with Gasteiger partial charge in [-0.15, -0.1) is 0 Å². The molecule has 0 spiro atoms. The molecule has 1 amide bonds. The van der Waals surface area contributed by atoms with Crippen LogP contribution in [0.1, 0.15) is 26.2 Å². The van der Waals surface area contributed by atoms with Crippen molar-refractivity contribution in [3.8, 4) is 0 Å². The maximum absolute atomic E-state index is 11.7. The van der Waals surface area contributed by atoms with Crippen LogP contribution in [0.4, 0.5) is 11.4 Å². The molecular weight excluding hydrogens is 300 g/mol. The lowest BCUT2D eigenvalue weighted by Crippen LogP contribution is -2.24. The van der Waals surface area contributed by atoms with E-state index >= 15 is 0 Å². The lowest BCUT2D eigenvalue weighted by atomic mass is 10.3. The molecular formula is C13H19ClN2O3S. The van der Waals surface area contributed by atoms with Gasteiger partial charge in [-0.3, -0.25) is 4.79 Å². The fourth-order valence-electron chi connectivity index (χ4n) is 1.66. The average Bonchev–Trinajstić information content (AvgIpc) is 2.32. The first-order valence-corrected chi connectivity index (χ1v) is 8.59. The smallest absolute Gasteiger partial charge is 0.239 e. The SMILES string of the molecule is CCCCCS(=O)(=O)CC(=O)Nc1ccc(N)cc1Cl. The van der Waals surface area contributed by atoms with E-state index in [9.17, 15) is 13.2 Å². The highest BCUT2D eigenvalue weighted by molar-refractivity contribution is 7.92. The first-order chi connectivity index (χ1) is 9.34. The molecule has 0 heterocycles. The summed E-state index contributed by atoms with van der Waals surface area (Å²) in [6, 6.07) is 4.61. The number of anilines is 2. The van der Waals surface area contributed by atoms with Crippen LogP contribution in [0.25, 0.3) is 0 Å². The molecule has 7 heteroatoms. The number of amides is 1. The zero-order valence-electron chi connectivity index (χ0n) is 11.4. The average molecular weight is 319 g/mol. The Morgan fingerprint density at radius 2 is 2.05 bits per heavy atom. The van der Waals surface area contributed by atoms with Gasteiger partial charge in [-0.25, -0.2) is 8.42 Å². The molecule has 0 bridgehead atoms. The zero-order valence-corrected chi connectivity index (χ0v) is 12.9. The van der Waals surface area contributed by atoms with Gasteiger partial charge in [0.2, 0.25) is 5.91 Å². The first kappa shape index (κ1) is 16.8. The number of halogens is 1. The van der Waals surface area contributed by atoms with Crippen LogP contribution in [0.3, 0.4) is 0 Å². The topological polar surface area (TPSA) is 89.3 Å². The highest BCUT2D eigenvalue weighted by atomic mass is 35.5. The number of nitrogens with two attached hydrogens (primary N) is 1. The van der Waals surface area contributed by atoms with Gasteiger partial charge in [-0.05, 0) is 24.6 Å². The number of benzene rings is 1. The maximum atomic E-state index is 11.7. The molecule has 1 aromatic carbocycles. The Kier molecular flexibility index (Phi) is 6.29. The van der Waals surface area contributed by atoms with Gasteiger partial charge in [-0.2, -0.15) is 0 Å². The van der Waals surface area contributed by atoms with Crippen LogP contribution < -0.4 is 11.1 Å². The number of nitrogen functional groups attached to an aromatic ring is 1. The van der Waals surface area contributed by atoms with Crippen molar-refractivity contribution in [2.45, 2.75) is 26.2 Å². The third-order valence-corrected chi connectivity index (χ3v) is 4.60. The van der Waals surface area contributed by atoms with E-state index in [0.717, 1.165) is 12.8 Å². The minimum absolute atomic E-state index is 0.0315. The van der Waals surface area contributed by atoms with Gasteiger partial charge in [0.05, 0.1) is 16.5 Å². The number of unbranched alkanes of at least 4 members (excludes halogenated alkanes) is 2. The Morgan fingerprint density at radius 3 is 2.65 bits per heavy atom. The predicted octanol–water partition coefficient (Wildman–Crippen LogP) is 2.47. The summed E-state index contributed by atoms with van der Waals surface area (Å²) < 4.78 is 23.5. The molecule has 0 fully saturated rings. The molecule has 0 saturated carbocycles. The van der Waals surface area contributed by atoms with Crippen LogP contribution in [-0.2, 0) is 14.6 Å². The fraction of sp³-hybridized carbons (Fsp3) is 0.462. The van der Waals surface area contributed by atoms with Crippen molar-refractivity contribution >= 4 is 38.7 Å². The molecule has 0 aliphatic carbocycles. The van der Waals surface area contributed by atoms with Crippen molar-refractivity contribution in [3.05, 3.63) is 23.2 Å². The number of nitrogens with one attached hydrogen (secondary N) is 1. The lowest BCUT2D eigenvalue weighted by molar-refractivity contribution is -0.113. The third-order valence-electron chi connectivity index (χ3n) is 2.68. The number of rotatable bonds is 7. The van der Waals surface area contributed by atoms with Crippen LogP contribution in [0.5, 0.6) is 0 Å². The van der Waals surface area contributed by atoms with Crippen molar-refractivity contribution in [1.82, 2.24) is 0 Å². The Bertz CT molecular complexity index is 573. The van der Waals surface area contributed by atoms with Crippen LogP contribution in [0, 0.1) is 0 Å². The quantitative estimate of drug-likeness (QED) is 0.597. The second-order valence-electron chi connectivity index (χ2n) is 4.59. The molecule has 0 aliphatic rings. The predicted molar refractivity (Wildman–Crippen MR) is 82.7 cm³/mol. The maximum Gasteiger partial charge on any atom is 0.239 e. The minimum atomic E-state index is -3.37. The summed E-state index contributed by atoms with van der Waals surface area (Å²) in [5.41, 5.74) is 6.36. The number of sulfone groups is 1. The molecule has 0 saturated heterocycles. The van der Waals surface area contributed by atoms with Crippen molar-refractivity contribution in [1.29, 1.82) is 0 Å². The Balaban J connectivity index is 2.59. The van der Waals surface area contributed by atoms with E-state index in [-0.39, 0.29) is 10.8 Å². The molecule has 1 aromatic rings. The van der Waals surface area contributed by atoms with Gasteiger partial charge in [0.25, 0.3) is 0 Å². The molecule has 0 aliphatic heterocycles. The van der Waals surface area contributed by atoms with Gasteiger partial charge >= 0.3 is 0 Å². The molecule has 0 unspecified atom stereocenters. The molecule has 0 radical (unpaired) electrons. The van der Waals surface area contributed by atoms with Gasteiger partial charge in [-0.1, -0.05) is 31.4 Å². The zero-order chi connectivity index (χ0) is 15.2.